The molecule has 2 amide bonds. The van der Waals surface area contributed by atoms with Crippen LogP contribution in [0.5, 0.6) is 5.75 Å². The molecule has 1 N–H and O–H groups in total. The van der Waals surface area contributed by atoms with E-state index in [0.717, 1.165) is 58.3 Å². The second-order valence-electron chi connectivity index (χ2n) is 9.94. The lowest BCUT2D eigenvalue weighted by molar-refractivity contribution is 0.194. The van der Waals surface area contributed by atoms with Crippen molar-refractivity contribution in [3.05, 3.63) is 125 Å². The number of fused-ring (bicyclic) bond motifs is 3. The molecule has 0 spiro atoms. The molecule has 7 nitrogen and oxygen atoms in total. The molecular formula is C33H33N5O2. The standard InChI is InChI=1S/C33H33N5O2/c1-4-23-13-17-25(18-14-23)34-33(39)37-22-28-29(5-2)35-38(26-10-7-6-8-11-26)32(28)36-21-9-12-30(36)31(37)24-15-19-27(40-3)20-16-24/h6-21,31H,4-5,22H2,1-3H3,(H,34,39). The number of anilines is 1. The van der Waals surface area contributed by atoms with Gasteiger partial charge >= 0.3 is 6.03 Å². The smallest absolute Gasteiger partial charge is 0.322 e. The van der Waals surface area contributed by atoms with E-state index >= 15 is 0 Å². The Bertz CT molecular complexity index is 1620. The number of methoxy groups -OCH3 is 1. The van der Waals surface area contributed by atoms with E-state index < -0.39 is 0 Å². The number of carbonyl (C=O) groups is 1. The molecule has 1 aliphatic heterocycles. The lowest BCUT2D eigenvalue weighted by Crippen LogP contribution is -2.38. The Kier molecular flexibility index (Phi) is 6.86. The first-order valence-electron chi connectivity index (χ1n) is 13.8. The van der Waals surface area contributed by atoms with Crippen molar-refractivity contribution in [1.29, 1.82) is 0 Å². The fraction of sp³-hybridized carbons (Fsp3) is 0.212. The first-order chi connectivity index (χ1) is 19.6. The van der Waals surface area contributed by atoms with Gasteiger partial charge < -0.3 is 19.5 Å². The second-order valence-corrected chi connectivity index (χ2v) is 9.94. The zero-order chi connectivity index (χ0) is 27.6. The number of aryl methyl sites for hydroxylation is 2. The molecule has 0 bridgehead atoms. The summed E-state index contributed by atoms with van der Waals surface area (Å²) in [5.41, 5.74) is 6.97. The van der Waals surface area contributed by atoms with E-state index in [-0.39, 0.29) is 12.1 Å². The SMILES string of the molecule is CCc1ccc(NC(=O)N2Cc3c(CC)nn(-c4ccccc4)c3-n3cccc3C2c2ccc(OC)cc2)cc1. The monoisotopic (exact) mass is 531 g/mol. The van der Waals surface area contributed by atoms with Gasteiger partial charge in [-0.25, -0.2) is 9.48 Å². The van der Waals surface area contributed by atoms with Gasteiger partial charge in [-0.05, 0) is 72.5 Å². The van der Waals surface area contributed by atoms with Gasteiger partial charge in [0, 0.05) is 17.4 Å². The Balaban J connectivity index is 1.51. The average Bonchev–Trinajstić information content (AvgIpc) is 3.59. The molecule has 7 heteroatoms. The number of benzene rings is 3. The molecule has 0 fully saturated rings. The highest BCUT2D eigenvalue weighted by Gasteiger charge is 2.36. The third kappa shape index (κ3) is 4.53. The molecule has 5 aromatic rings. The lowest BCUT2D eigenvalue weighted by Gasteiger charge is -2.31. The van der Waals surface area contributed by atoms with Crippen molar-refractivity contribution < 1.29 is 9.53 Å². The van der Waals surface area contributed by atoms with Crippen molar-refractivity contribution >= 4 is 11.7 Å². The molecule has 1 aliphatic rings. The fourth-order valence-corrected chi connectivity index (χ4v) is 5.50. The molecule has 0 saturated heterocycles. The summed E-state index contributed by atoms with van der Waals surface area (Å²) in [6.45, 7) is 4.64. The Hall–Kier alpha value is -4.78. The van der Waals surface area contributed by atoms with Crippen molar-refractivity contribution in [3.63, 3.8) is 0 Å². The van der Waals surface area contributed by atoms with Gasteiger partial charge in [0.25, 0.3) is 0 Å². The summed E-state index contributed by atoms with van der Waals surface area (Å²) >= 11 is 0. The predicted molar refractivity (Wildman–Crippen MR) is 157 cm³/mol. The van der Waals surface area contributed by atoms with E-state index in [9.17, 15) is 4.79 Å². The number of rotatable bonds is 6. The van der Waals surface area contributed by atoms with E-state index in [1.807, 2.05) is 70.2 Å². The second kappa shape index (κ2) is 10.8. The summed E-state index contributed by atoms with van der Waals surface area (Å²) in [4.78, 5) is 16.1. The molecule has 1 unspecified atom stereocenters. The van der Waals surface area contributed by atoms with E-state index in [2.05, 4.69) is 60.3 Å². The molecule has 1 atom stereocenters. The van der Waals surface area contributed by atoms with Crippen LogP contribution < -0.4 is 10.1 Å². The van der Waals surface area contributed by atoms with Crippen LogP contribution in [0.3, 0.4) is 0 Å². The minimum atomic E-state index is -0.336. The maximum absolute atomic E-state index is 14.2. The number of hydrogen-bond acceptors (Lipinski definition) is 3. The van der Waals surface area contributed by atoms with Gasteiger partial charge in [0.1, 0.15) is 11.6 Å². The van der Waals surface area contributed by atoms with Gasteiger partial charge in [-0.15, -0.1) is 0 Å². The Morgan fingerprint density at radius 1 is 0.925 bits per heavy atom. The van der Waals surface area contributed by atoms with Gasteiger partial charge in [0.15, 0.2) is 0 Å². The summed E-state index contributed by atoms with van der Waals surface area (Å²) in [5, 5.41) is 8.21. The van der Waals surface area contributed by atoms with Crippen molar-refractivity contribution in [2.75, 3.05) is 12.4 Å². The molecule has 40 heavy (non-hydrogen) atoms. The summed E-state index contributed by atoms with van der Waals surface area (Å²) in [6, 6.07) is 29.8. The van der Waals surface area contributed by atoms with Crippen LogP contribution >= 0.6 is 0 Å². The number of aromatic nitrogens is 3. The zero-order valence-electron chi connectivity index (χ0n) is 23.0. The van der Waals surface area contributed by atoms with Crippen molar-refractivity contribution in [2.45, 2.75) is 39.3 Å². The van der Waals surface area contributed by atoms with Crippen molar-refractivity contribution in [2.24, 2.45) is 0 Å². The fourth-order valence-electron chi connectivity index (χ4n) is 5.50. The maximum Gasteiger partial charge on any atom is 0.322 e. The molecule has 0 aliphatic carbocycles. The average molecular weight is 532 g/mol. The number of carbonyl (C=O) groups excluding carboxylic acids is 1. The third-order valence-corrected chi connectivity index (χ3v) is 7.61. The van der Waals surface area contributed by atoms with Gasteiger partial charge in [0.2, 0.25) is 0 Å². The summed E-state index contributed by atoms with van der Waals surface area (Å²) in [5.74, 6) is 1.74. The first kappa shape index (κ1) is 25.5. The van der Waals surface area contributed by atoms with E-state index in [4.69, 9.17) is 9.84 Å². The van der Waals surface area contributed by atoms with Crippen LogP contribution in [0, 0.1) is 0 Å². The minimum absolute atomic E-state index is 0.166. The largest absolute Gasteiger partial charge is 0.497 e. The minimum Gasteiger partial charge on any atom is -0.497 e. The highest BCUT2D eigenvalue weighted by molar-refractivity contribution is 5.90. The summed E-state index contributed by atoms with van der Waals surface area (Å²) in [7, 11) is 1.66. The van der Waals surface area contributed by atoms with Crippen LogP contribution in [0.4, 0.5) is 10.5 Å². The Labute approximate surface area is 234 Å². The third-order valence-electron chi connectivity index (χ3n) is 7.61. The number of nitrogens with zero attached hydrogens (tertiary/aromatic N) is 4. The highest BCUT2D eigenvalue weighted by atomic mass is 16.5. The molecule has 3 heterocycles. The number of hydrogen-bond donors (Lipinski definition) is 1. The van der Waals surface area contributed by atoms with Gasteiger partial charge in [-0.1, -0.05) is 56.3 Å². The quantitative estimate of drug-likeness (QED) is 0.258. The van der Waals surface area contributed by atoms with Crippen LogP contribution in [0.25, 0.3) is 11.5 Å². The number of para-hydroxylation sites is 1. The van der Waals surface area contributed by atoms with Crippen LogP contribution in [0.15, 0.2) is 97.2 Å². The summed E-state index contributed by atoms with van der Waals surface area (Å²) in [6.07, 6.45) is 3.76. The molecule has 202 valence electrons. The van der Waals surface area contributed by atoms with Crippen LogP contribution in [0.1, 0.15) is 48.0 Å². The molecular weight excluding hydrogens is 498 g/mol. The number of urea groups is 1. The van der Waals surface area contributed by atoms with E-state index in [0.29, 0.717) is 6.54 Å². The van der Waals surface area contributed by atoms with Crippen LogP contribution in [-0.4, -0.2) is 32.4 Å². The number of amides is 2. The van der Waals surface area contributed by atoms with Gasteiger partial charge in [-0.2, -0.15) is 5.10 Å². The van der Waals surface area contributed by atoms with Crippen molar-refractivity contribution in [3.8, 4) is 17.3 Å². The molecule has 6 rings (SSSR count). The normalized spacial score (nSPS) is 14.3. The summed E-state index contributed by atoms with van der Waals surface area (Å²) < 4.78 is 9.63. The Morgan fingerprint density at radius 2 is 1.68 bits per heavy atom. The lowest BCUT2D eigenvalue weighted by atomic mass is 10.0. The highest BCUT2D eigenvalue weighted by Crippen LogP contribution is 2.39. The Morgan fingerprint density at radius 3 is 2.35 bits per heavy atom. The van der Waals surface area contributed by atoms with Crippen LogP contribution in [0.2, 0.25) is 0 Å². The van der Waals surface area contributed by atoms with Gasteiger partial charge in [0.05, 0.1) is 36.8 Å². The number of nitrogens with one attached hydrogen (secondary N) is 1. The van der Waals surface area contributed by atoms with E-state index in [1.165, 1.54) is 5.56 Å². The molecule has 0 radical (unpaired) electrons. The maximum atomic E-state index is 14.2. The molecule has 2 aromatic heterocycles. The van der Waals surface area contributed by atoms with Gasteiger partial charge in [-0.3, -0.25) is 0 Å². The first-order valence-corrected chi connectivity index (χ1v) is 13.8. The zero-order valence-corrected chi connectivity index (χ0v) is 23.0. The molecule has 3 aromatic carbocycles. The van der Waals surface area contributed by atoms with Crippen molar-refractivity contribution in [1.82, 2.24) is 19.2 Å². The molecule has 0 saturated carbocycles. The number of ether oxygens (including phenoxy) is 1. The van der Waals surface area contributed by atoms with Crippen LogP contribution in [-0.2, 0) is 19.4 Å². The predicted octanol–water partition coefficient (Wildman–Crippen LogP) is 6.93. The van der Waals surface area contributed by atoms with E-state index in [1.54, 1.807) is 7.11 Å². The topological polar surface area (TPSA) is 64.3 Å².